The lowest BCUT2D eigenvalue weighted by Gasteiger charge is -2.32. The molecule has 1 heterocycles. The van der Waals surface area contributed by atoms with Crippen molar-refractivity contribution in [2.45, 2.75) is 24.8 Å². The Labute approximate surface area is 138 Å². The molecule has 3 nitrogen and oxygen atoms in total. The summed E-state index contributed by atoms with van der Waals surface area (Å²) in [5.74, 6) is 0.206. The van der Waals surface area contributed by atoms with E-state index < -0.39 is 6.36 Å². The van der Waals surface area contributed by atoms with Gasteiger partial charge in [-0.05, 0) is 36.7 Å². The van der Waals surface area contributed by atoms with Gasteiger partial charge in [0.2, 0.25) is 0 Å². The highest BCUT2D eigenvalue weighted by molar-refractivity contribution is 5.33. The number of piperidine rings is 1. The molecule has 0 aliphatic carbocycles. The number of nitrogens with one attached hydrogen (secondary N) is 1. The summed E-state index contributed by atoms with van der Waals surface area (Å²) in [7, 11) is 0. The van der Waals surface area contributed by atoms with Gasteiger partial charge in [0.1, 0.15) is 17.6 Å². The SMILES string of the molecule is FC(F)(F)Oc1cccc(OC2CNCCC2c2[c]cccc2)c1. The van der Waals surface area contributed by atoms with Gasteiger partial charge in [-0.1, -0.05) is 30.3 Å². The quantitative estimate of drug-likeness (QED) is 0.918. The van der Waals surface area contributed by atoms with Crippen LogP contribution in [0.5, 0.6) is 11.5 Å². The molecule has 1 saturated heterocycles. The van der Waals surface area contributed by atoms with E-state index in [-0.39, 0.29) is 17.8 Å². The molecule has 1 aliphatic rings. The first kappa shape index (κ1) is 16.6. The summed E-state index contributed by atoms with van der Waals surface area (Å²) >= 11 is 0. The van der Waals surface area contributed by atoms with Gasteiger partial charge in [0, 0.05) is 18.5 Å². The Morgan fingerprint density at radius 3 is 2.67 bits per heavy atom. The third-order valence-corrected chi connectivity index (χ3v) is 3.89. The summed E-state index contributed by atoms with van der Waals surface area (Å²) < 4.78 is 46.9. The van der Waals surface area contributed by atoms with Crippen molar-refractivity contribution in [3.8, 4) is 11.5 Å². The van der Waals surface area contributed by atoms with Crippen molar-refractivity contribution in [2.24, 2.45) is 0 Å². The van der Waals surface area contributed by atoms with Gasteiger partial charge < -0.3 is 14.8 Å². The Hall–Kier alpha value is -2.21. The molecular weight excluding hydrogens is 319 g/mol. The number of ether oxygens (including phenoxy) is 2. The fourth-order valence-corrected chi connectivity index (χ4v) is 2.87. The average molecular weight is 336 g/mol. The van der Waals surface area contributed by atoms with E-state index in [2.05, 4.69) is 16.1 Å². The number of rotatable bonds is 4. The lowest BCUT2D eigenvalue weighted by molar-refractivity contribution is -0.274. The highest BCUT2D eigenvalue weighted by Crippen LogP contribution is 2.31. The van der Waals surface area contributed by atoms with Gasteiger partial charge in [0.25, 0.3) is 0 Å². The lowest BCUT2D eigenvalue weighted by Crippen LogP contribution is -2.42. The van der Waals surface area contributed by atoms with Gasteiger partial charge in [-0.2, -0.15) is 0 Å². The van der Waals surface area contributed by atoms with Gasteiger partial charge in [-0.3, -0.25) is 0 Å². The molecule has 0 bridgehead atoms. The molecule has 1 N–H and O–H groups in total. The van der Waals surface area contributed by atoms with Gasteiger partial charge >= 0.3 is 6.36 Å². The van der Waals surface area contributed by atoms with Gasteiger partial charge in [-0.15, -0.1) is 13.2 Å². The molecule has 1 aliphatic heterocycles. The largest absolute Gasteiger partial charge is 0.573 e. The second-order valence-corrected chi connectivity index (χ2v) is 5.60. The number of halogens is 3. The Morgan fingerprint density at radius 1 is 1.08 bits per heavy atom. The average Bonchev–Trinajstić information content (AvgIpc) is 2.55. The molecule has 24 heavy (non-hydrogen) atoms. The van der Waals surface area contributed by atoms with Crippen LogP contribution in [0.1, 0.15) is 17.9 Å². The van der Waals surface area contributed by atoms with Crippen LogP contribution in [0.3, 0.4) is 0 Å². The van der Waals surface area contributed by atoms with Crippen LogP contribution >= 0.6 is 0 Å². The number of alkyl halides is 3. The predicted molar refractivity (Wildman–Crippen MR) is 83.0 cm³/mol. The number of benzene rings is 2. The van der Waals surface area contributed by atoms with Crippen LogP contribution in [0.25, 0.3) is 0 Å². The third-order valence-electron chi connectivity index (χ3n) is 3.89. The molecule has 1 fully saturated rings. The van der Waals surface area contributed by atoms with Crippen molar-refractivity contribution in [1.29, 1.82) is 0 Å². The summed E-state index contributed by atoms with van der Waals surface area (Å²) in [4.78, 5) is 0. The van der Waals surface area contributed by atoms with Gasteiger partial charge in [0.05, 0.1) is 0 Å². The molecule has 6 heteroatoms. The first-order valence-corrected chi connectivity index (χ1v) is 7.71. The smallest absolute Gasteiger partial charge is 0.488 e. The Kier molecular flexibility index (Phi) is 4.94. The minimum absolute atomic E-state index is 0.139. The monoisotopic (exact) mass is 336 g/mol. The van der Waals surface area contributed by atoms with Gasteiger partial charge in [-0.25, -0.2) is 0 Å². The standard InChI is InChI=1S/C18H17F3NO2/c19-18(20,21)24-15-8-4-7-14(11-15)23-17-12-22-10-9-16(17)13-5-2-1-3-6-13/h1-5,7-8,11,16-17,22H,9-10,12H2. The van der Waals surface area contributed by atoms with Crippen LogP contribution in [0.2, 0.25) is 0 Å². The minimum Gasteiger partial charge on any atom is -0.488 e. The Balaban J connectivity index is 1.75. The summed E-state index contributed by atoms with van der Waals surface area (Å²) in [5.41, 5.74) is 1.05. The van der Waals surface area contributed by atoms with Crippen LogP contribution in [0.4, 0.5) is 13.2 Å². The molecule has 2 aromatic carbocycles. The zero-order valence-electron chi connectivity index (χ0n) is 12.8. The zero-order chi connectivity index (χ0) is 17.0. The van der Waals surface area contributed by atoms with Crippen LogP contribution < -0.4 is 14.8 Å². The van der Waals surface area contributed by atoms with E-state index in [1.165, 1.54) is 18.2 Å². The van der Waals surface area contributed by atoms with E-state index in [0.717, 1.165) is 18.5 Å². The van der Waals surface area contributed by atoms with Crippen molar-refractivity contribution in [1.82, 2.24) is 5.32 Å². The number of hydrogen-bond donors (Lipinski definition) is 1. The molecule has 0 spiro atoms. The van der Waals surface area contributed by atoms with Crippen molar-refractivity contribution in [2.75, 3.05) is 13.1 Å². The summed E-state index contributed by atoms with van der Waals surface area (Å²) in [6.07, 6.45) is -4.02. The second kappa shape index (κ2) is 7.13. The predicted octanol–water partition coefficient (Wildman–Crippen LogP) is 3.91. The molecular formula is C18H17F3NO2. The first-order chi connectivity index (χ1) is 11.5. The van der Waals surface area contributed by atoms with Crippen LogP contribution in [0, 0.1) is 6.07 Å². The van der Waals surface area contributed by atoms with E-state index in [1.54, 1.807) is 6.07 Å². The van der Waals surface area contributed by atoms with E-state index in [1.807, 2.05) is 24.3 Å². The first-order valence-electron chi connectivity index (χ1n) is 7.71. The number of hydrogen-bond acceptors (Lipinski definition) is 3. The van der Waals surface area contributed by atoms with Crippen molar-refractivity contribution >= 4 is 0 Å². The second-order valence-electron chi connectivity index (χ2n) is 5.60. The molecule has 2 aromatic rings. The van der Waals surface area contributed by atoms with E-state index in [9.17, 15) is 13.2 Å². The molecule has 0 amide bonds. The van der Waals surface area contributed by atoms with E-state index >= 15 is 0 Å². The fraction of sp³-hybridized carbons (Fsp3) is 0.333. The van der Waals surface area contributed by atoms with Crippen molar-refractivity contribution in [3.63, 3.8) is 0 Å². The Morgan fingerprint density at radius 2 is 1.92 bits per heavy atom. The van der Waals surface area contributed by atoms with E-state index in [0.29, 0.717) is 12.3 Å². The van der Waals surface area contributed by atoms with Crippen LogP contribution in [-0.4, -0.2) is 25.6 Å². The lowest BCUT2D eigenvalue weighted by atomic mass is 9.88. The summed E-state index contributed by atoms with van der Waals surface area (Å²) in [6, 6.07) is 16.5. The summed E-state index contributed by atoms with van der Waals surface area (Å²) in [5, 5.41) is 3.26. The minimum atomic E-state index is -4.72. The molecule has 2 unspecified atom stereocenters. The molecule has 0 aromatic heterocycles. The van der Waals surface area contributed by atoms with Crippen LogP contribution in [0.15, 0.2) is 48.5 Å². The van der Waals surface area contributed by atoms with Crippen molar-refractivity contribution in [3.05, 3.63) is 60.2 Å². The molecule has 3 rings (SSSR count). The van der Waals surface area contributed by atoms with E-state index in [4.69, 9.17) is 4.74 Å². The normalized spacial score (nSPS) is 21.3. The maximum atomic E-state index is 12.3. The summed E-state index contributed by atoms with van der Waals surface area (Å²) in [6.45, 7) is 1.49. The fourth-order valence-electron chi connectivity index (χ4n) is 2.87. The van der Waals surface area contributed by atoms with Gasteiger partial charge in [0.15, 0.2) is 0 Å². The van der Waals surface area contributed by atoms with Crippen molar-refractivity contribution < 1.29 is 22.6 Å². The Bertz CT molecular complexity index is 661. The molecule has 1 radical (unpaired) electrons. The molecule has 0 saturated carbocycles. The highest BCUT2D eigenvalue weighted by Gasteiger charge is 2.32. The molecule has 127 valence electrons. The topological polar surface area (TPSA) is 30.5 Å². The van der Waals surface area contributed by atoms with Crippen LogP contribution in [-0.2, 0) is 0 Å². The third kappa shape index (κ3) is 4.41. The molecule has 2 atom stereocenters. The highest BCUT2D eigenvalue weighted by atomic mass is 19.4. The maximum absolute atomic E-state index is 12.3. The zero-order valence-corrected chi connectivity index (χ0v) is 12.8. The maximum Gasteiger partial charge on any atom is 0.573 e.